The molecule has 1 aliphatic rings. The van der Waals surface area contributed by atoms with Gasteiger partial charge in [-0.2, -0.15) is 0 Å². The zero-order valence-electron chi connectivity index (χ0n) is 56.1. The molecule has 1 aliphatic carbocycles. The molecule has 23 aromatic rings. The molecule has 488 valence electrons. The van der Waals surface area contributed by atoms with E-state index in [0.29, 0.717) is 0 Å². The molecule has 24 rings (SSSR count). The summed E-state index contributed by atoms with van der Waals surface area (Å²) in [4.78, 5) is 7.04. The fourth-order valence-electron chi connectivity index (χ4n) is 15.9. The van der Waals surface area contributed by atoms with Crippen LogP contribution in [0.2, 0.25) is 0 Å². The lowest BCUT2D eigenvalue weighted by atomic mass is 10.1. The van der Waals surface area contributed by atoms with Gasteiger partial charge in [0.2, 0.25) is 0 Å². The van der Waals surface area contributed by atoms with Gasteiger partial charge in [-0.3, -0.25) is 0 Å². The van der Waals surface area contributed by atoms with E-state index < -0.39 is 0 Å². The summed E-state index contributed by atoms with van der Waals surface area (Å²) in [5, 5.41) is 9.78. The van der Waals surface area contributed by atoms with Crippen molar-refractivity contribution in [2.45, 2.75) is 68.7 Å². The number of aromatic nitrogens is 3. The standard InChI is InChI=1S/C32H23NS2.2C27H17NS5/c1-17-4-8-21(9-5-17)33-27-12-18(2)7-11-23(27)32-30(33)26-15-20-14-25-22-10-6-19(3)13-28(22)34-31(25)24(20)16-29(26)35-32;1-12-4-6-15(7-5-12)28-18-10-17-19(31-27-24(17)33-21-9-14(3)30-26(21)27)11-16(18)23-22(28)25-20(32-23)8-13(2)29-25;1-12-4-6-15(7-5-12)28-18-8-13(2)29-24(18)26-22(28)16-10-20-17(11-19(16)31-26)23-27(32-20)25-21(33-23)9-14(3)30-25/h4-13,15-16H,14H2,1-3H3;2*4-11H,1-3H3. The predicted octanol–water partition coefficient (Wildman–Crippen LogP) is 31.0. The minimum atomic E-state index is 1.03. The van der Waals surface area contributed by atoms with Crippen LogP contribution in [0.1, 0.15) is 58.5 Å². The van der Waals surface area contributed by atoms with Gasteiger partial charge in [-0.05, 0) is 205 Å². The second-order valence-corrected chi connectivity index (χ2v) is 41.1. The maximum absolute atomic E-state index is 2.52. The van der Waals surface area contributed by atoms with E-state index in [2.05, 4.69) is 246 Å². The first-order chi connectivity index (χ1) is 49.1. The third kappa shape index (κ3) is 9.02. The van der Waals surface area contributed by atoms with Crippen LogP contribution in [-0.4, -0.2) is 13.7 Å². The number of rotatable bonds is 3. The number of benzene rings is 8. The highest BCUT2D eigenvalue weighted by Crippen LogP contribution is 2.56. The number of hydrogen-bond donors (Lipinski definition) is 0. The van der Waals surface area contributed by atoms with Gasteiger partial charge in [-0.25, -0.2) is 0 Å². The molecule has 3 nitrogen and oxygen atoms in total. The number of fused-ring (bicyclic) bond motifs is 30. The average Bonchev–Trinajstić information content (AvgIpc) is 1.55. The van der Waals surface area contributed by atoms with Crippen molar-refractivity contribution >= 4 is 296 Å². The number of hydrogen-bond acceptors (Lipinski definition) is 12. The van der Waals surface area contributed by atoms with Crippen molar-refractivity contribution in [3.05, 3.63) is 228 Å². The van der Waals surface area contributed by atoms with Crippen LogP contribution in [0.4, 0.5) is 0 Å². The fourth-order valence-corrected chi connectivity index (χ4v) is 31.6. The lowest BCUT2D eigenvalue weighted by Gasteiger charge is -2.09. The molecule has 0 fully saturated rings. The molecule has 8 aromatic carbocycles. The monoisotopic (exact) mass is 1520 g/mol. The molecule has 0 aliphatic heterocycles. The Morgan fingerprint density at radius 2 is 0.653 bits per heavy atom. The molecule has 15 heterocycles. The minimum Gasteiger partial charge on any atom is -0.308 e. The summed E-state index contributed by atoms with van der Waals surface area (Å²) in [5.74, 6) is 0. The Hall–Kier alpha value is -7.84. The topological polar surface area (TPSA) is 14.8 Å². The Balaban J connectivity index is 0.0000000962. The van der Waals surface area contributed by atoms with Gasteiger partial charge in [-0.1, -0.05) is 77.4 Å². The van der Waals surface area contributed by atoms with Gasteiger partial charge in [0.1, 0.15) is 0 Å². The van der Waals surface area contributed by atoms with Gasteiger partial charge < -0.3 is 13.7 Å². The summed E-state index contributed by atoms with van der Waals surface area (Å²) in [6, 6.07) is 65.0. The van der Waals surface area contributed by atoms with Crippen molar-refractivity contribution in [2.24, 2.45) is 0 Å². The first-order valence-corrected chi connectivity index (χ1v) is 43.6. The molecule has 0 N–H and O–H groups in total. The molecule has 0 bridgehead atoms. The molecule has 0 unspecified atom stereocenters. The van der Waals surface area contributed by atoms with E-state index in [9.17, 15) is 0 Å². The highest BCUT2D eigenvalue weighted by molar-refractivity contribution is 7.42. The van der Waals surface area contributed by atoms with Gasteiger partial charge in [-0.15, -0.1) is 136 Å². The Bertz CT molecular complexity index is 7490. The number of aryl methyl sites for hydroxylation is 9. The summed E-state index contributed by atoms with van der Waals surface area (Å²) in [6.45, 7) is 19.7. The highest BCUT2D eigenvalue weighted by Gasteiger charge is 2.29. The Kier molecular flexibility index (Phi) is 13.3. The van der Waals surface area contributed by atoms with E-state index in [1.165, 1.54) is 246 Å². The molecule has 15 aromatic heterocycles. The average molecular weight is 1520 g/mol. The van der Waals surface area contributed by atoms with E-state index in [4.69, 9.17) is 0 Å². The van der Waals surface area contributed by atoms with Crippen LogP contribution in [0.5, 0.6) is 0 Å². The van der Waals surface area contributed by atoms with Crippen LogP contribution >= 0.6 is 136 Å². The molecule has 0 amide bonds. The Morgan fingerprint density at radius 1 is 0.238 bits per heavy atom. The van der Waals surface area contributed by atoms with Crippen LogP contribution in [0.25, 0.3) is 188 Å². The fraction of sp³-hybridized carbons (Fsp3) is 0.116. The van der Waals surface area contributed by atoms with Crippen LogP contribution in [0.3, 0.4) is 0 Å². The molecule has 0 saturated carbocycles. The van der Waals surface area contributed by atoms with Crippen LogP contribution in [0.15, 0.2) is 170 Å². The molecule has 0 radical (unpaired) electrons. The smallest absolute Gasteiger partial charge is 0.0828 e. The largest absolute Gasteiger partial charge is 0.308 e. The van der Waals surface area contributed by atoms with Crippen molar-refractivity contribution in [2.75, 3.05) is 0 Å². The second kappa shape index (κ2) is 22.1. The summed E-state index contributed by atoms with van der Waals surface area (Å²) in [7, 11) is 0. The molecule has 0 saturated heterocycles. The lowest BCUT2D eigenvalue weighted by Crippen LogP contribution is -1.94. The SMILES string of the molecule is Cc1ccc(-n2c3cc(C)ccc3c3sc4cc5c(cc4c32)Cc2c-5sc3cc(C)ccc23)cc1.Cc1ccc(-n2c3cc(C)sc3c3sc4cc5c(cc4c32)sc2c3sc(C)cc3sc52)cc1.Cc1ccc(-n2c3cc4c(cc3c3sc5cc(C)sc5c32)sc2c3sc(C)cc3sc42)cc1. The van der Waals surface area contributed by atoms with Gasteiger partial charge in [0, 0.05) is 118 Å². The van der Waals surface area contributed by atoms with Crippen LogP contribution in [0, 0.1) is 62.3 Å². The van der Waals surface area contributed by atoms with Crippen molar-refractivity contribution in [1.82, 2.24) is 13.7 Å². The Labute approximate surface area is 627 Å². The van der Waals surface area contributed by atoms with Gasteiger partial charge in [0.15, 0.2) is 0 Å². The van der Waals surface area contributed by atoms with E-state index in [1.807, 2.05) is 136 Å². The molecule has 0 spiro atoms. The second-order valence-electron chi connectivity index (χ2n) is 27.6. The molecule has 101 heavy (non-hydrogen) atoms. The van der Waals surface area contributed by atoms with Crippen molar-refractivity contribution in [1.29, 1.82) is 0 Å². The predicted molar refractivity (Wildman–Crippen MR) is 463 cm³/mol. The normalized spacial score (nSPS) is 12.8. The van der Waals surface area contributed by atoms with Crippen LogP contribution < -0.4 is 0 Å². The summed E-state index contributed by atoms with van der Waals surface area (Å²) < 4.78 is 34.7. The lowest BCUT2D eigenvalue weighted by molar-refractivity contribution is 1.18. The molecule has 0 atom stereocenters. The van der Waals surface area contributed by atoms with Gasteiger partial charge >= 0.3 is 0 Å². The maximum Gasteiger partial charge on any atom is 0.0828 e. The van der Waals surface area contributed by atoms with E-state index in [1.54, 1.807) is 0 Å². The minimum absolute atomic E-state index is 1.03. The quantitative estimate of drug-likeness (QED) is 0.167. The first-order valence-electron chi connectivity index (χ1n) is 33.8. The summed E-state index contributed by atoms with van der Waals surface area (Å²) >= 11 is 23.4. The molecular weight excluding hydrogens is 1460 g/mol. The Morgan fingerprint density at radius 3 is 1.30 bits per heavy atom. The number of thiophene rings is 12. The van der Waals surface area contributed by atoms with E-state index in [-0.39, 0.29) is 0 Å². The van der Waals surface area contributed by atoms with Gasteiger partial charge in [0.05, 0.1) is 84.8 Å². The molecular formula is C86H57N3S12. The third-order valence-corrected chi connectivity index (χ3v) is 35.2. The number of nitrogens with zero attached hydrogens (tertiary/aromatic N) is 3. The van der Waals surface area contributed by atoms with Crippen LogP contribution in [-0.2, 0) is 6.42 Å². The van der Waals surface area contributed by atoms with E-state index in [0.717, 1.165) is 6.42 Å². The van der Waals surface area contributed by atoms with E-state index >= 15 is 0 Å². The van der Waals surface area contributed by atoms with Crippen molar-refractivity contribution < 1.29 is 0 Å². The zero-order valence-corrected chi connectivity index (χ0v) is 65.9. The zero-order chi connectivity index (χ0) is 67.4. The summed E-state index contributed by atoms with van der Waals surface area (Å²) in [5.41, 5.74) is 22.8. The third-order valence-electron chi connectivity index (χ3n) is 20.5. The summed E-state index contributed by atoms with van der Waals surface area (Å²) in [6.07, 6.45) is 1.03. The molecule has 15 heteroatoms. The first kappa shape index (κ1) is 60.7. The van der Waals surface area contributed by atoms with Gasteiger partial charge in [0.25, 0.3) is 0 Å². The van der Waals surface area contributed by atoms with Crippen molar-refractivity contribution in [3.63, 3.8) is 0 Å². The van der Waals surface area contributed by atoms with Crippen molar-refractivity contribution in [3.8, 4) is 27.5 Å². The highest BCUT2D eigenvalue weighted by atomic mass is 32.1. The maximum atomic E-state index is 2.52.